The number of hydrogen-bond acceptors (Lipinski definition) is 4. The van der Waals surface area contributed by atoms with Gasteiger partial charge in [0.05, 0.1) is 17.6 Å². The average molecular weight is 256 g/mol. The molecule has 1 fully saturated rings. The van der Waals surface area contributed by atoms with E-state index < -0.39 is 11.0 Å². The summed E-state index contributed by atoms with van der Waals surface area (Å²) in [6.07, 6.45) is 0.227. The molecule has 0 N–H and O–H groups in total. The molecule has 0 amide bonds. The van der Waals surface area contributed by atoms with Crippen molar-refractivity contribution in [2.24, 2.45) is 0 Å². The molecule has 0 bridgehead atoms. The Hall–Kier alpha value is -1.46. The van der Waals surface area contributed by atoms with Gasteiger partial charge in [-0.3, -0.25) is 14.9 Å². The van der Waals surface area contributed by atoms with Gasteiger partial charge >= 0.3 is 0 Å². The van der Waals surface area contributed by atoms with Gasteiger partial charge in [-0.05, 0) is 11.6 Å². The summed E-state index contributed by atoms with van der Waals surface area (Å²) in [5, 5.41) is 11.0. The highest BCUT2D eigenvalue weighted by molar-refractivity contribution is 6.30. The molecule has 5 nitrogen and oxygen atoms in total. The first-order valence-corrected chi connectivity index (χ1v) is 5.52. The van der Waals surface area contributed by atoms with Crippen molar-refractivity contribution in [3.63, 3.8) is 0 Å². The fourth-order valence-corrected chi connectivity index (χ4v) is 2.02. The number of nitro groups is 1. The number of hydrogen-bond donors (Lipinski definition) is 0. The lowest BCUT2D eigenvalue weighted by atomic mass is 10.00. The summed E-state index contributed by atoms with van der Waals surface area (Å²) in [5.41, 5.74) is 0.492. The number of rotatable bonds is 2. The average Bonchev–Trinajstić information content (AvgIpc) is 2.28. The van der Waals surface area contributed by atoms with Crippen molar-refractivity contribution in [3.05, 3.63) is 38.9 Å². The Balaban J connectivity index is 2.31. The molecule has 1 atom stereocenters. The Kier molecular flexibility index (Phi) is 3.40. The Morgan fingerprint density at radius 1 is 1.41 bits per heavy atom. The molecule has 17 heavy (non-hydrogen) atoms. The third-order valence-electron chi connectivity index (χ3n) is 2.60. The Labute approximate surface area is 102 Å². The minimum Gasteiger partial charge on any atom is -0.373 e. The molecule has 6 heteroatoms. The van der Waals surface area contributed by atoms with Crippen molar-refractivity contribution in [2.45, 2.75) is 18.9 Å². The van der Waals surface area contributed by atoms with Gasteiger partial charge in [0, 0.05) is 30.0 Å². The van der Waals surface area contributed by atoms with E-state index in [1.54, 1.807) is 6.07 Å². The maximum atomic E-state index is 11.3. The first-order chi connectivity index (χ1) is 8.06. The van der Waals surface area contributed by atoms with E-state index >= 15 is 0 Å². The summed E-state index contributed by atoms with van der Waals surface area (Å²) in [4.78, 5) is 21.5. The minimum absolute atomic E-state index is 0.0888. The van der Waals surface area contributed by atoms with Crippen LogP contribution in [0.25, 0.3) is 0 Å². The number of Topliss-reactive ketones (excluding diaryl/α,β-unsaturated/α-hetero) is 1. The summed E-state index contributed by atoms with van der Waals surface area (Å²) in [6, 6.07) is 4.27. The number of ketones is 1. The van der Waals surface area contributed by atoms with Crippen LogP contribution in [0.5, 0.6) is 0 Å². The summed E-state index contributed by atoms with van der Waals surface area (Å²) in [5.74, 6) is 0.101. The van der Waals surface area contributed by atoms with Gasteiger partial charge in [-0.1, -0.05) is 11.6 Å². The van der Waals surface area contributed by atoms with Crippen molar-refractivity contribution < 1.29 is 14.5 Å². The normalized spacial score (nSPS) is 20.3. The number of nitro benzene ring substituents is 1. The fraction of sp³-hybridized carbons (Fsp3) is 0.364. The summed E-state index contributed by atoms with van der Waals surface area (Å²) >= 11 is 5.80. The van der Waals surface area contributed by atoms with Crippen molar-refractivity contribution >= 4 is 23.1 Å². The van der Waals surface area contributed by atoms with Crippen LogP contribution in [-0.4, -0.2) is 17.3 Å². The highest BCUT2D eigenvalue weighted by Crippen LogP contribution is 2.31. The molecule has 1 aromatic rings. The molecular formula is C11H10ClNO4. The van der Waals surface area contributed by atoms with E-state index in [4.69, 9.17) is 16.3 Å². The van der Waals surface area contributed by atoms with E-state index in [0.717, 1.165) is 0 Å². The van der Waals surface area contributed by atoms with Gasteiger partial charge in [-0.25, -0.2) is 0 Å². The van der Waals surface area contributed by atoms with Crippen molar-refractivity contribution in [1.29, 1.82) is 0 Å². The lowest BCUT2D eigenvalue weighted by Gasteiger charge is -2.22. The predicted octanol–water partition coefficient (Wildman–Crippen LogP) is 2.67. The Morgan fingerprint density at radius 2 is 2.18 bits per heavy atom. The zero-order valence-corrected chi connectivity index (χ0v) is 9.64. The first kappa shape index (κ1) is 12.0. The number of nitrogens with zero attached hydrogens (tertiary/aromatic N) is 1. The van der Waals surface area contributed by atoms with E-state index in [2.05, 4.69) is 0 Å². The molecule has 0 radical (unpaired) electrons. The summed E-state index contributed by atoms with van der Waals surface area (Å²) in [6.45, 7) is 0.351. The highest BCUT2D eigenvalue weighted by Gasteiger charge is 2.23. The highest BCUT2D eigenvalue weighted by atomic mass is 35.5. The molecule has 0 spiro atoms. The maximum absolute atomic E-state index is 11.3. The Morgan fingerprint density at radius 3 is 2.82 bits per heavy atom. The molecule has 1 heterocycles. The number of halogens is 1. The Bertz CT molecular complexity index is 475. The monoisotopic (exact) mass is 255 g/mol. The summed E-state index contributed by atoms with van der Waals surface area (Å²) in [7, 11) is 0. The van der Waals surface area contributed by atoms with E-state index in [1.807, 2.05) is 0 Å². The topological polar surface area (TPSA) is 69.4 Å². The van der Waals surface area contributed by atoms with E-state index in [-0.39, 0.29) is 22.9 Å². The van der Waals surface area contributed by atoms with Gasteiger partial charge in [-0.2, -0.15) is 0 Å². The fourth-order valence-electron chi connectivity index (χ4n) is 1.78. The van der Waals surface area contributed by atoms with Crippen LogP contribution in [-0.2, 0) is 9.53 Å². The second-order valence-electron chi connectivity index (χ2n) is 3.85. The minimum atomic E-state index is -0.514. The van der Waals surface area contributed by atoms with E-state index in [0.29, 0.717) is 18.6 Å². The molecule has 0 aromatic heterocycles. The lowest BCUT2D eigenvalue weighted by molar-refractivity contribution is -0.385. The molecule has 0 aliphatic carbocycles. The molecule has 1 unspecified atom stereocenters. The van der Waals surface area contributed by atoms with Gasteiger partial charge in [0.25, 0.3) is 5.69 Å². The van der Waals surface area contributed by atoms with Crippen LogP contribution in [0, 0.1) is 10.1 Å². The third-order valence-corrected chi connectivity index (χ3v) is 2.82. The standard InChI is InChI=1S/C11H10ClNO4/c12-8-3-7(4-9(5-8)13(15)16)11-6-10(14)1-2-17-11/h3-5,11H,1-2,6H2. The van der Waals surface area contributed by atoms with Crippen LogP contribution >= 0.6 is 11.6 Å². The number of benzene rings is 1. The van der Waals surface area contributed by atoms with Gasteiger partial charge in [-0.15, -0.1) is 0 Å². The van der Waals surface area contributed by atoms with Crippen molar-refractivity contribution in [2.75, 3.05) is 6.61 Å². The summed E-state index contributed by atoms with van der Waals surface area (Å²) < 4.78 is 5.42. The molecule has 1 aliphatic heterocycles. The number of non-ortho nitro benzene ring substituents is 1. The van der Waals surface area contributed by atoms with E-state index in [1.165, 1.54) is 12.1 Å². The zero-order valence-electron chi connectivity index (χ0n) is 8.89. The molecule has 1 saturated heterocycles. The molecule has 0 saturated carbocycles. The third kappa shape index (κ3) is 2.81. The second-order valence-corrected chi connectivity index (χ2v) is 4.29. The predicted molar refractivity (Wildman–Crippen MR) is 61.0 cm³/mol. The number of carbonyl (C=O) groups is 1. The van der Waals surface area contributed by atoms with Gasteiger partial charge in [0.2, 0.25) is 0 Å². The van der Waals surface area contributed by atoms with Gasteiger partial charge < -0.3 is 4.74 Å². The van der Waals surface area contributed by atoms with Crippen LogP contribution in [0.4, 0.5) is 5.69 Å². The van der Waals surface area contributed by atoms with Crippen LogP contribution in [0.2, 0.25) is 5.02 Å². The van der Waals surface area contributed by atoms with Crippen LogP contribution in [0.1, 0.15) is 24.5 Å². The van der Waals surface area contributed by atoms with Crippen molar-refractivity contribution in [3.8, 4) is 0 Å². The van der Waals surface area contributed by atoms with Crippen LogP contribution < -0.4 is 0 Å². The molecule has 1 aromatic carbocycles. The maximum Gasteiger partial charge on any atom is 0.271 e. The largest absolute Gasteiger partial charge is 0.373 e. The molecule has 2 rings (SSSR count). The van der Waals surface area contributed by atoms with Crippen LogP contribution in [0.15, 0.2) is 18.2 Å². The second kappa shape index (κ2) is 4.81. The van der Waals surface area contributed by atoms with Gasteiger partial charge in [0.15, 0.2) is 0 Å². The quantitative estimate of drug-likeness (QED) is 0.602. The molecule has 1 aliphatic rings. The molecule has 90 valence electrons. The zero-order chi connectivity index (χ0) is 12.4. The first-order valence-electron chi connectivity index (χ1n) is 5.14. The van der Waals surface area contributed by atoms with Crippen molar-refractivity contribution in [1.82, 2.24) is 0 Å². The number of ether oxygens (including phenoxy) is 1. The van der Waals surface area contributed by atoms with E-state index in [9.17, 15) is 14.9 Å². The smallest absolute Gasteiger partial charge is 0.271 e. The SMILES string of the molecule is O=C1CCOC(c2cc(Cl)cc([N+](=O)[O-])c2)C1. The van der Waals surface area contributed by atoms with Gasteiger partial charge in [0.1, 0.15) is 5.78 Å². The van der Waals surface area contributed by atoms with Crippen LogP contribution in [0.3, 0.4) is 0 Å². The number of carbonyl (C=O) groups excluding carboxylic acids is 1. The molecular weight excluding hydrogens is 246 g/mol. The lowest BCUT2D eigenvalue weighted by Crippen LogP contribution is -2.19.